The van der Waals surface area contributed by atoms with Gasteiger partial charge in [0.05, 0.1) is 10.6 Å². The van der Waals surface area contributed by atoms with Crippen molar-refractivity contribution in [2.24, 2.45) is 5.92 Å². The molecule has 1 aliphatic rings. The third-order valence-corrected chi connectivity index (χ3v) is 4.51. The second-order valence-corrected chi connectivity index (χ2v) is 7.05. The molecule has 18 heavy (non-hydrogen) atoms. The summed E-state index contributed by atoms with van der Waals surface area (Å²) in [6.45, 7) is 3.03. The third-order valence-electron chi connectivity index (χ3n) is 3.36. The molecular formula is C13H20N2O2S. The van der Waals surface area contributed by atoms with E-state index in [1.54, 1.807) is 12.1 Å². The van der Waals surface area contributed by atoms with Crippen LogP contribution in [0.5, 0.6) is 0 Å². The first kappa shape index (κ1) is 13.4. The zero-order valence-corrected chi connectivity index (χ0v) is 11.7. The molecule has 0 radical (unpaired) electrons. The van der Waals surface area contributed by atoms with Gasteiger partial charge >= 0.3 is 0 Å². The minimum atomic E-state index is -3.16. The molecule has 0 aliphatic carbocycles. The van der Waals surface area contributed by atoms with Crippen LogP contribution < -0.4 is 5.32 Å². The Morgan fingerprint density at radius 1 is 1.39 bits per heavy atom. The maximum Gasteiger partial charge on any atom is 0.177 e. The van der Waals surface area contributed by atoms with Crippen molar-refractivity contribution in [1.29, 1.82) is 0 Å². The van der Waals surface area contributed by atoms with E-state index in [9.17, 15) is 8.42 Å². The molecule has 0 amide bonds. The van der Waals surface area contributed by atoms with Crippen molar-refractivity contribution in [2.45, 2.75) is 11.3 Å². The summed E-state index contributed by atoms with van der Waals surface area (Å²) in [6.07, 6.45) is 2.42. The number of nitrogens with zero attached hydrogens (tertiary/aromatic N) is 1. The molecular weight excluding hydrogens is 248 g/mol. The highest BCUT2D eigenvalue weighted by atomic mass is 32.2. The molecule has 1 unspecified atom stereocenters. The average molecular weight is 268 g/mol. The molecule has 0 saturated carbocycles. The SMILES string of the molecule is CN1CCC(CNc2ccccc2S(C)(=O)=O)C1. The van der Waals surface area contributed by atoms with Gasteiger partial charge in [-0.2, -0.15) is 0 Å². The zero-order valence-electron chi connectivity index (χ0n) is 10.9. The second kappa shape index (κ2) is 5.28. The summed E-state index contributed by atoms with van der Waals surface area (Å²) >= 11 is 0. The summed E-state index contributed by atoms with van der Waals surface area (Å²) in [5, 5.41) is 3.28. The Labute approximate surface area is 109 Å². The molecule has 1 N–H and O–H groups in total. The number of hydrogen-bond donors (Lipinski definition) is 1. The fourth-order valence-corrected chi connectivity index (χ4v) is 3.25. The first-order valence-corrected chi connectivity index (χ1v) is 8.07. The average Bonchev–Trinajstić information content (AvgIpc) is 2.72. The molecule has 0 aromatic heterocycles. The summed E-state index contributed by atoms with van der Waals surface area (Å²) in [6, 6.07) is 7.09. The molecule has 5 heteroatoms. The summed E-state index contributed by atoms with van der Waals surface area (Å²) in [7, 11) is -1.05. The minimum absolute atomic E-state index is 0.386. The van der Waals surface area contributed by atoms with Crippen LogP contribution in [-0.2, 0) is 9.84 Å². The highest BCUT2D eigenvalue weighted by molar-refractivity contribution is 7.90. The van der Waals surface area contributed by atoms with E-state index >= 15 is 0 Å². The monoisotopic (exact) mass is 268 g/mol. The largest absolute Gasteiger partial charge is 0.384 e. The van der Waals surface area contributed by atoms with E-state index in [2.05, 4.69) is 17.3 Å². The van der Waals surface area contributed by atoms with Crippen LogP contribution in [0.15, 0.2) is 29.2 Å². The van der Waals surface area contributed by atoms with Gasteiger partial charge in [-0.15, -0.1) is 0 Å². The van der Waals surface area contributed by atoms with Crippen molar-refractivity contribution in [3.63, 3.8) is 0 Å². The first-order valence-electron chi connectivity index (χ1n) is 6.18. The molecule has 0 bridgehead atoms. The second-order valence-electron chi connectivity index (χ2n) is 5.07. The standard InChI is InChI=1S/C13H20N2O2S/c1-15-8-7-11(10-15)9-14-12-5-3-4-6-13(12)18(2,16)17/h3-6,11,14H,7-10H2,1-2H3. The van der Waals surface area contributed by atoms with Crippen molar-refractivity contribution in [1.82, 2.24) is 4.90 Å². The molecule has 0 spiro atoms. The number of anilines is 1. The number of likely N-dealkylation sites (tertiary alicyclic amines) is 1. The van der Waals surface area contributed by atoms with Crippen molar-refractivity contribution in [2.75, 3.05) is 38.3 Å². The number of hydrogen-bond acceptors (Lipinski definition) is 4. The van der Waals surface area contributed by atoms with Gasteiger partial charge < -0.3 is 10.2 Å². The molecule has 1 saturated heterocycles. The van der Waals surface area contributed by atoms with Crippen LogP contribution in [0.2, 0.25) is 0 Å². The van der Waals surface area contributed by atoms with Crippen LogP contribution >= 0.6 is 0 Å². The Balaban J connectivity index is 2.06. The van der Waals surface area contributed by atoms with Crippen molar-refractivity contribution in [3.8, 4) is 0 Å². The molecule has 100 valence electrons. The third kappa shape index (κ3) is 3.23. The van der Waals surface area contributed by atoms with Gasteiger partial charge in [-0.05, 0) is 38.1 Å². The van der Waals surface area contributed by atoms with E-state index in [1.807, 2.05) is 12.1 Å². The molecule has 2 rings (SSSR count). The fourth-order valence-electron chi connectivity index (χ4n) is 2.38. The lowest BCUT2D eigenvalue weighted by Crippen LogP contribution is -2.19. The van der Waals surface area contributed by atoms with Crippen molar-refractivity contribution < 1.29 is 8.42 Å². The van der Waals surface area contributed by atoms with Crippen molar-refractivity contribution >= 4 is 15.5 Å². The smallest absolute Gasteiger partial charge is 0.177 e. The highest BCUT2D eigenvalue weighted by Gasteiger charge is 2.20. The van der Waals surface area contributed by atoms with E-state index in [1.165, 1.54) is 12.7 Å². The summed E-state index contributed by atoms with van der Waals surface area (Å²) in [4.78, 5) is 2.69. The van der Waals surface area contributed by atoms with E-state index in [0.717, 1.165) is 25.3 Å². The lowest BCUT2D eigenvalue weighted by molar-refractivity contribution is 0.399. The number of para-hydroxylation sites is 1. The van der Waals surface area contributed by atoms with Gasteiger partial charge in [0.1, 0.15) is 0 Å². The van der Waals surface area contributed by atoms with E-state index in [-0.39, 0.29) is 0 Å². The van der Waals surface area contributed by atoms with Gasteiger partial charge in [0.2, 0.25) is 0 Å². The lowest BCUT2D eigenvalue weighted by atomic mass is 10.1. The normalized spacial score (nSPS) is 21.1. The van der Waals surface area contributed by atoms with Gasteiger partial charge in [0, 0.05) is 19.3 Å². The summed E-state index contributed by atoms with van der Waals surface area (Å²) in [5.41, 5.74) is 0.717. The maximum atomic E-state index is 11.7. The van der Waals surface area contributed by atoms with Crippen LogP contribution in [0.1, 0.15) is 6.42 Å². The van der Waals surface area contributed by atoms with Crippen LogP contribution in [0.4, 0.5) is 5.69 Å². The van der Waals surface area contributed by atoms with Gasteiger partial charge in [-0.1, -0.05) is 12.1 Å². The van der Waals surface area contributed by atoms with Crippen LogP contribution in [0.25, 0.3) is 0 Å². The van der Waals surface area contributed by atoms with Crippen LogP contribution in [-0.4, -0.2) is 46.3 Å². The molecule has 1 aromatic carbocycles. The zero-order chi connectivity index (χ0) is 13.2. The number of nitrogens with one attached hydrogen (secondary N) is 1. The fraction of sp³-hybridized carbons (Fsp3) is 0.538. The first-order chi connectivity index (χ1) is 8.47. The predicted octanol–water partition coefficient (Wildman–Crippen LogP) is 1.45. The van der Waals surface area contributed by atoms with E-state index in [0.29, 0.717) is 10.8 Å². The van der Waals surface area contributed by atoms with E-state index < -0.39 is 9.84 Å². The number of rotatable bonds is 4. The quantitative estimate of drug-likeness (QED) is 0.898. The van der Waals surface area contributed by atoms with Gasteiger partial charge in [0.15, 0.2) is 9.84 Å². The van der Waals surface area contributed by atoms with E-state index in [4.69, 9.17) is 0 Å². The Hall–Kier alpha value is -1.07. The number of sulfone groups is 1. The Bertz CT molecular complexity index is 513. The van der Waals surface area contributed by atoms with Gasteiger partial charge in [-0.3, -0.25) is 0 Å². The Kier molecular flexibility index (Phi) is 3.92. The summed E-state index contributed by atoms with van der Waals surface area (Å²) in [5.74, 6) is 0.600. The Morgan fingerprint density at radius 2 is 2.11 bits per heavy atom. The van der Waals surface area contributed by atoms with Crippen LogP contribution in [0.3, 0.4) is 0 Å². The van der Waals surface area contributed by atoms with Gasteiger partial charge in [0.25, 0.3) is 0 Å². The Morgan fingerprint density at radius 3 is 2.72 bits per heavy atom. The van der Waals surface area contributed by atoms with Crippen molar-refractivity contribution in [3.05, 3.63) is 24.3 Å². The molecule has 1 atom stereocenters. The molecule has 1 aliphatic heterocycles. The molecule has 1 fully saturated rings. The molecule has 1 heterocycles. The lowest BCUT2D eigenvalue weighted by Gasteiger charge is -2.14. The summed E-state index contributed by atoms with van der Waals surface area (Å²) < 4.78 is 23.3. The minimum Gasteiger partial charge on any atom is -0.384 e. The highest BCUT2D eigenvalue weighted by Crippen LogP contribution is 2.22. The van der Waals surface area contributed by atoms with Crippen LogP contribution in [0, 0.1) is 5.92 Å². The molecule has 1 aromatic rings. The number of benzene rings is 1. The topological polar surface area (TPSA) is 49.4 Å². The predicted molar refractivity (Wildman–Crippen MR) is 73.6 cm³/mol. The van der Waals surface area contributed by atoms with Gasteiger partial charge in [-0.25, -0.2) is 8.42 Å². The molecule has 4 nitrogen and oxygen atoms in total. The maximum absolute atomic E-state index is 11.7.